The molecular weight excluding hydrogens is 221 g/mol. The van der Waals surface area contributed by atoms with Crippen molar-refractivity contribution in [3.05, 3.63) is 34.7 Å². The van der Waals surface area contributed by atoms with Gasteiger partial charge in [0.2, 0.25) is 0 Å². The van der Waals surface area contributed by atoms with Crippen LogP contribution in [0.15, 0.2) is 24.3 Å². The molecule has 1 atom stereocenters. The summed E-state index contributed by atoms with van der Waals surface area (Å²) >= 11 is 0. The Hall–Kier alpha value is -1.23. The van der Waals surface area contributed by atoms with Crippen LogP contribution in [-0.4, -0.2) is 21.2 Å². The first-order valence-corrected chi connectivity index (χ1v) is 5.93. The second-order valence-corrected chi connectivity index (χ2v) is 4.77. The number of rotatable bonds is 4. The second-order valence-electron chi connectivity index (χ2n) is 3.05. The maximum absolute atomic E-state index is 10.5. The van der Waals surface area contributed by atoms with Crippen LogP contribution in [0, 0.1) is 4.91 Å². The lowest BCUT2D eigenvalue weighted by Gasteiger charge is -2.14. The molecule has 1 rings (SSSR count). The predicted octanol–water partition coefficient (Wildman–Crippen LogP) is 0.574. The third-order valence-electron chi connectivity index (χ3n) is 1.84. The summed E-state index contributed by atoms with van der Waals surface area (Å²) in [7, 11) is -4.23. The SMILES string of the molecule is O=[N+](O)c1ccc(CCP(=O)([O-])O)cc1. The number of hydrogen-bond donors (Lipinski definition) is 2. The van der Waals surface area contributed by atoms with Gasteiger partial charge in [-0.1, -0.05) is 12.1 Å². The Morgan fingerprint density at radius 2 is 1.87 bits per heavy atom. The summed E-state index contributed by atoms with van der Waals surface area (Å²) in [6.45, 7) is 0. The minimum Gasteiger partial charge on any atom is -0.779 e. The number of hydrogen-bond acceptors (Lipinski definition) is 3. The summed E-state index contributed by atoms with van der Waals surface area (Å²) in [6.07, 6.45) is -0.172. The number of benzene rings is 1. The molecule has 6 nitrogen and oxygen atoms in total. The molecule has 0 amide bonds. The minimum atomic E-state index is -4.23. The van der Waals surface area contributed by atoms with Crippen LogP contribution in [0.4, 0.5) is 5.69 Å². The Balaban J connectivity index is 2.65. The lowest BCUT2D eigenvalue weighted by atomic mass is 10.1. The van der Waals surface area contributed by atoms with Crippen LogP contribution in [0.1, 0.15) is 5.56 Å². The molecule has 0 heterocycles. The molecule has 0 saturated heterocycles. The summed E-state index contributed by atoms with van der Waals surface area (Å²) in [5.74, 6) is 0. The smallest absolute Gasteiger partial charge is 0.316 e. The van der Waals surface area contributed by atoms with Crippen molar-refractivity contribution in [3.63, 3.8) is 0 Å². The second kappa shape index (κ2) is 4.53. The quantitative estimate of drug-likeness (QED) is 0.582. The van der Waals surface area contributed by atoms with Crippen molar-refractivity contribution in [3.8, 4) is 0 Å². The van der Waals surface area contributed by atoms with Crippen LogP contribution >= 0.6 is 7.60 Å². The molecule has 1 aromatic rings. The van der Waals surface area contributed by atoms with Crippen molar-refractivity contribution >= 4 is 13.3 Å². The molecule has 0 bridgehead atoms. The van der Waals surface area contributed by atoms with Gasteiger partial charge in [-0.05, 0) is 12.0 Å². The Kier molecular flexibility index (Phi) is 3.57. The molecule has 0 radical (unpaired) electrons. The first kappa shape index (κ1) is 11.8. The molecule has 1 unspecified atom stereocenters. The number of nitrogens with zero attached hydrogens (tertiary/aromatic N) is 1. The summed E-state index contributed by atoms with van der Waals surface area (Å²) in [6, 6.07) is 5.73. The van der Waals surface area contributed by atoms with E-state index in [1.165, 1.54) is 24.3 Å². The van der Waals surface area contributed by atoms with E-state index in [4.69, 9.17) is 10.1 Å². The van der Waals surface area contributed by atoms with Gasteiger partial charge in [0.1, 0.15) is 7.60 Å². The van der Waals surface area contributed by atoms with Crippen LogP contribution < -0.4 is 4.89 Å². The summed E-state index contributed by atoms with van der Waals surface area (Å²) in [4.78, 5) is 29.1. The van der Waals surface area contributed by atoms with Crippen LogP contribution in [0.2, 0.25) is 0 Å². The van der Waals surface area contributed by atoms with Crippen molar-refractivity contribution in [1.82, 2.24) is 0 Å². The zero-order valence-corrected chi connectivity index (χ0v) is 8.63. The lowest BCUT2D eigenvalue weighted by molar-refractivity contribution is -0.729. The molecule has 0 aliphatic carbocycles. The fraction of sp³-hybridized carbons (Fsp3) is 0.250. The molecule has 0 aromatic heterocycles. The van der Waals surface area contributed by atoms with Crippen molar-refractivity contribution < 1.29 is 24.5 Å². The van der Waals surface area contributed by atoms with Gasteiger partial charge < -0.3 is 14.4 Å². The molecule has 0 aliphatic heterocycles. The molecule has 15 heavy (non-hydrogen) atoms. The highest BCUT2D eigenvalue weighted by Gasteiger charge is 2.10. The van der Waals surface area contributed by atoms with Gasteiger partial charge in [0.15, 0.2) is 0 Å². The zero-order valence-electron chi connectivity index (χ0n) is 7.74. The van der Waals surface area contributed by atoms with E-state index in [0.717, 1.165) is 0 Å². The van der Waals surface area contributed by atoms with Gasteiger partial charge >= 0.3 is 5.69 Å². The highest BCUT2D eigenvalue weighted by Crippen LogP contribution is 2.29. The van der Waals surface area contributed by atoms with Crippen molar-refractivity contribution in [2.24, 2.45) is 0 Å². The van der Waals surface area contributed by atoms with Crippen molar-refractivity contribution in [2.75, 3.05) is 6.16 Å². The van der Waals surface area contributed by atoms with Gasteiger partial charge in [0.25, 0.3) is 4.92 Å². The Labute approximate surface area is 85.9 Å². The predicted molar refractivity (Wildman–Crippen MR) is 49.9 cm³/mol. The minimum absolute atomic E-state index is 0.0630. The molecule has 7 heteroatoms. The average Bonchev–Trinajstić information content (AvgIpc) is 2.14. The normalized spacial score (nSPS) is 14.5. The molecule has 0 spiro atoms. The summed E-state index contributed by atoms with van der Waals surface area (Å²) in [5.41, 5.74) is 0.721. The van der Waals surface area contributed by atoms with E-state index in [-0.39, 0.29) is 23.2 Å². The number of aryl methyl sites for hydroxylation is 1. The highest BCUT2D eigenvalue weighted by molar-refractivity contribution is 7.50. The molecule has 0 saturated carbocycles. The van der Waals surface area contributed by atoms with E-state index in [0.29, 0.717) is 5.56 Å². The Bertz CT molecular complexity index is 396. The average molecular weight is 231 g/mol. The van der Waals surface area contributed by atoms with E-state index in [9.17, 15) is 14.4 Å². The monoisotopic (exact) mass is 231 g/mol. The first-order chi connectivity index (χ1) is 6.88. The topological polar surface area (TPSA) is 101 Å². The van der Waals surface area contributed by atoms with Gasteiger partial charge in [0.05, 0.1) is 4.91 Å². The molecular formula is C8H10NO5P. The molecule has 0 aliphatic rings. The lowest BCUT2D eigenvalue weighted by Crippen LogP contribution is -2.05. The standard InChI is InChI=1S/C8H10NO5P/c10-9(11)8-3-1-7(2-4-8)5-6-15(12,13)14/h1-4H,5-6H2,(H2-,10,11,12,13,14). The largest absolute Gasteiger partial charge is 0.779 e. The molecule has 0 fully saturated rings. The maximum atomic E-state index is 10.5. The molecule has 82 valence electrons. The first-order valence-electron chi connectivity index (χ1n) is 4.16. The van der Waals surface area contributed by atoms with E-state index in [1.54, 1.807) is 0 Å². The summed E-state index contributed by atoms with van der Waals surface area (Å²) < 4.78 is 10.5. The van der Waals surface area contributed by atoms with E-state index < -0.39 is 7.60 Å². The van der Waals surface area contributed by atoms with Crippen LogP contribution in [0.3, 0.4) is 0 Å². The zero-order chi connectivity index (χ0) is 11.5. The van der Waals surface area contributed by atoms with Gasteiger partial charge in [-0.3, -0.25) is 0 Å². The fourth-order valence-electron chi connectivity index (χ4n) is 1.06. The van der Waals surface area contributed by atoms with Crippen LogP contribution in [0.5, 0.6) is 0 Å². The third kappa shape index (κ3) is 4.20. The van der Waals surface area contributed by atoms with Gasteiger partial charge in [0, 0.05) is 18.3 Å². The molecule has 2 N–H and O–H groups in total. The Morgan fingerprint density at radius 3 is 2.27 bits per heavy atom. The van der Waals surface area contributed by atoms with Gasteiger partial charge in [-0.15, -0.1) is 0 Å². The van der Waals surface area contributed by atoms with Crippen molar-refractivity contribution in [1.29, 1.82) is 0 Å². The Morgan fingerprint density at radius 1 is 1.33 bits per heavy atom. The van der Waals surface area contributed by atoms with Crippen LogP contribution in [0.25, 0.3) is 0 Å². The molecule has 1 aromatic carbocycles. The van der Waals surface area contributed by atoms with Gasteiger partial charge in [-0.25, -0.2) is 5.21 Å². The van der Waals surface area contributed by atoms with Crippen LogP contribution in [-0.2, 0) is 11.0 Å². The van der Waals surface area contributed by atoms with E-state index in [1.807, 2.05) is 0 Å². The van der Waals surface area contributed by atoms with E-state index >= 15 is 0 Å². The van der Waals surface area contributed by atoms with E-state index in [2.05, 4.69) is 0 Å². The highest BCUT2D eigenvalue weighted by atomic mass is 31.2. The van der Waals surface area contributed by atoms with Crippen molar-refractivity contribution in [2.45, 2.75) is 6.42 Å². The maximum Gasteiger partial charge on any atom is 0.316 e. The third-order valence-corrected chi connectivity index (χ3v) is 2.63. The van der Waals surface area contributed by atoms with Gasteiger partial charge in [-0.2, -0.15) is 0 Å². The summed E-state index contributed by atoms with van der Waals surface area (Å²) in [5, 5.41) is 8.52. The fourth-order valence-corrected chi connectivity index (χ4v) is 1.60.